The molecule has 2 rings (SSSR count). The van der Waals surface area contributed by atoms with Gasteiger partial charge in [-0.1, -0.05) is 18.2 Å². The number of hydrogen-bond acceptors (Lipinski definition) is 6. The maximum absolute atomic E-state index is 5.83. The van der Waals surface area contributed by atoms with Crippen LogP contribution >= 0.6 is 22.6 Å². The number of alkyl halides is 1. The van der Waals surface area contributed by atoms with E-state index >= 15 is 0 Å². The average Bonchev–Trinajstić information content (AvgIpc) is 2.38. The first kappa shape index (κ1) is 14.5. The summed E-state index contributed by atoms with van der Waals surface area (Å²) in [4.78, 5) is 3.97. The number of pyridine rings is 1. The lowest BCUT2D eigenvalue weighted by molar-refractivity contribution is 0.323. The lowest BCUT2D eigenvalue weighted by atomic mass is 10.3. The Balaban J connectivity index is 2.37. The average molecular weight is 383 g/mol. The quantitative estimate of drug-likeness (QED) is 0.476. The fourth-order valence-corrected chi connectivity index (χ4v) is 1.79. The number of halogens is 1. The van der Waals surface area contributed by atoms with Crippen LogP contribution in [0, 0.1) is 0 Å². The van der Waals surface area contributed by atoms with E-state index in [2.05, 4.69) is 37.8 Å². The molecule has 0 bridgehead atoms. The largest absolute Gasteiger partial charge is 0.478 e. The number of aromatic nitrogens is 1. The molecule has 1 heterocycles. The summed E-state index contributed by atoms with van der Waals surface area (Å²) in [6.45, 7) is 1.89. The first-order valence-corrected chi connectivity index (χ1v) is 7.14. The molecule has 1 aromatic heterocycles. The van der Waals surface area contributed by atoms with Crippen molar-refractivity contribution in [2.75, 3.05) is 11.5 Å². The second-order valence-corrected chi connectivity index (χ2v) is 5.73. The highest BCUT2D eigenvalue weighted by Crippen LogP contribution is 2.36. The van der Waals surface area contributed by atoms with Gasteiger partial charge in [-0.2, -0.15) is 5.11 Å². The van der Waals surface area contributed by atoms with E-state index in [4.69, 9.17) is 16.2 Å². The van der Waals surface area contributed by atoms with Gasteiger partial charge >= 0.3 is 0 Å². The molecular formula is C13H14IN5O. The Bertz CT molecular complexity index is 616. The zero-order chi connectivity index (χ0) is 14.5. The minimum atomic E-state index is -0.0560. The van der Waals surface area contributed by atoms with Crippen molar-refractivity contribution in [2.45, 2.75) is 11.0 Å². The Kier molecular flexibility index (Phi) is 4.72. The Morgan fingerprint density at radius 2 is 1.90 bits per heavy atom. The van der Waals surface area contributed by atoms with E-state index in [0.29, 0.717) is 11.4 Å². The summed E-state index contributed by atoms with van der Waals surface area (Å²) in [6, 6.07) is 10.9. The van der Waals surface area contributed by atoms with Crippen molar-refractivity contribution >= 4 is 45.6 Å². The van der Waals surface area contributed by atoms with Gasteiger partial charge in [0.25, 0.3) is 0 Å². The van der Waals surface area contributed by atoms with E-state index in [1.807, 2.05) is 37.3 Å². The van der Waals surface area contributed by atoms with Gasteiger partial charge in [0.1, 0.15) is 9.93 Å². The summed E-state index contributed by atoms with van der Waals surface area (Å²) in [6.07, 6.45) is 0. The first-order chi connectivity index (χ1) is 9.56. The molecule has 0 radical (unpaired) electrons. The number of rotatable bonds is 4. The number of nitrogens with zero attached hydrogens (tertiary/aromatic N) is 3. The summed E-state index contributed by atoms with van der Waals surface area (Å²) in [5.41, 5.74) is 12.6. The number of hydrogen-bond donors (Lipinski definition) is 2. The molecule has 1 aromatic carbocycles. The standard InChI is InChI=1S/C13H14IN5O/c1-8(14)20-10-7-11(15)17-13(16)12(10)19-18-9-5-3-2-4-6-9/h2-8H,1H3,(H4,15,16,17). The molecule has 0 fully saturated rings. The summed E-state index contributed by atoms with van der Waals surface area (Å²) in [7, 11) is 0. The summed E-state index contributed by atoms with van der Waals surface area (Å²) >= 11 is 2.13. The van der Waals surface area contributed by atoms with Crippen LogP contribution in [0.3, 0.4) is 0 Å². The third kappa shape index (κ3) is 3.80. The molecule has 104 valence electrons. The number of nitrogen functional groups attached to an aromatic ring is 2. The molecule has 7 heteroatoms. The van der Waals surface area contributed by atoms with Gasteiger partial charge < -0.3 is 16.2 Å². The highest BCUT2D eigenvalue weighted by Gasteiger charge is 2.12. The molecule has 1 atom stereocenters. The van der Waals surface area contributed by atoms with Crippen LogP contribution in [0.1, 0.15) is 6.92 Å². The third-order valence-electron chi connectivity index (χ3n) is 2.32. The zero-order valence-electron chi connectivity index (χ0n) is 10.8. The number of azo groups is 1. The maximum atomic E-state index is 5.83. The van der Waals surface area contributed by atoms with Crippen molar-refractivity contribution in [3.63, 3.8) is 0 Å². The van der Waals surface area contributed by atoms with E-state index in [1.165, 1.54) is 0 Å². The molecule has 0 saturated carbocycles. The number of anilines is 2. The molecule has 0 amide bonds. The molecule has 20 heavy (non-hydrogen) atoms. The van der Waals surface area contributed by atoms with Gasteiger partial charge in [0.05, 0.1) is 5.69 Å². The van der Waals surface area contributed by atoms with Gasteiger partial charge in [0.2, 0.25) is 0 Å². The van der Waals surface area contributed by atoms with Crippen LogP contribution in [-0.4, -0.2) is 9.09 Å². The monoisotopic (exact) mass is 383 g/mol. The molecule has 0 aliphatic heterocycles. The highest BCUT2D eigenvalue weighted by molar-refractivity contribution is 14.1. The number of ether oxygens (including phenoxy) is 1. The summed E-state index contributed by atoms with van der Waals surface area (Å²) in [5, 5.41) is 8.24. The molecule has 4 N–H and O–H groups in total. The van der Waals surface area contributed by atoms with Crippen molar-refractivity contribution in [3.05, 3.63) is 36.4 Å². The fraction of sp³-hybridized carbons (Fsp3) is 0.154. The fourth-order valence-electron chi connectivity index (χ4n) is 1.52. The van der Waals surface area contributed by atoms with Gasteiger partial charge in [0.15, 0.2) is 17.3 Å². The molecule has 0 saturated heterocycles. The van der Waals surface area contributed by atoms with Crippen molar-refractivity contribution in [3.8, 4) is 5.75 Å². The van der Waals surface area contributed by atoms with Crippen LogP contribution in [0.2, 0.25) is 0 Å². The molecule has 2 aromatic rings. The van der Waals surface area contributed by atoms with Crippen LogP contribution in [0.4, 0.5) is 23.0 Å². The SMILES string of the molecule is CC(I)Oc1cc(N)nc(N)c1N=Nc1ccccc1. The lowest BCUT2D eigenvalue weighted by Gasteiger charge is -2.12. The maximum Gasteiger partial charge on any atom is 0.170 e. The van der Waals surface area contributed by atoms with E-state index in [1.54, 1.807) is 6.07 Å². The number of benzene rings is 1. The third-order valence-corrected chi connectivity index (χ3v) is 2.57. The summed E-state index contributed by atoms with van der Waals surface area (Å²) in [5.74, 6) is 0.946. The Hall–Kier alpha value is -1.90. The molecular weight excluding hydrogens is 369 g/mol. The van der Waals surface area contributed by atoms with Gasteiger partial charge in [-0.05, 0) is 41.6 Å². The van der Waals surface area contributed by atoms with Crippen molar-refractivity contribution in [1.29, 1.82) is 0 Å². The highest BCUT2D eigenvalue weighted by atomic mass is 127. The molecule has 1 unspecified atom stereocenters. The van der Waals surface area contributed by atoms with Gasteiger partial charge in [-0.3, -0.25) is 0 Å². The second kappa shape index (κ2) is 6.51. The topological polar surface area (TPSA) is 98.9 Å². The van der Waals surface area contributed by atoms with Crippen molar-refractivity contribution in [1.82, 2.24) is 4.98 Å². The van der Waals surface area contributed by atoms with E-state index in [-0.39, 0.29) is 15.7 Å². The molecule has 0 spiro atoms. The van der Waals surface area contributed by atoms with Crippen LogP contribution in [0.15, 0.2) is 46.6 Å². The Morgan fingerprint density at radius 1 is 1.20 bits per heavy atom. The normalized spacial score (nSPS) is 12.5. The van der Waals surface area contributed by atoms with Gasteiger partial charge in [0, 0.05) is 6.07 Å². The van der Waals surface area contributed by atoms with E-state index < -0.39 is 0 Å². The zero-order valence-corrected chi connectivity index (χ0v) is 13.0. The minimum absolute atomic E-state index is 0.0560. The number of nitrogens with two attached hydrogens (primary N) is 2. The van der Waals surface area contributed by atoms with E-state index in [0.717, 1.165) is 5.69 Å². The van der Waals surface area contributed by atoms with Crippen LogP contribution < -0.4 is 16.2 Å². The predicted molar refractivity (Wildman–Crippen MR) is 87.8 cm³/mol. The smallest absolute Gasteiger partial charge is 0.170 e. The second-order valence-electron chi connectivity index (χ2n) is 3.98. The Labute approximate surface area is 130 Å². The summed E-state index contributed by atoms with van der Waals surface area (Å²) < 4.78 is 5.57. The van der Waals surface area contributed by atoms with Crippen LogP contribution in [0.5, 0.6) is 5.75 Å². The van der Waals surface area contributed by atoms with Crippen molar-refractivity contribution < 1.29 is 4.74 Å². The van der Waals surface area contributed by atoms with Crippen LogP contribution in [-0.2, 0) is 0 Å². The van der Waals surface area contributed by atoms with Gasteiger partial charge in [-0.15, -0.1) is 5.11 Å². The molecule has 0 aliphatic carbocycles. The first-order valence-electron chi connectivity index (χ1n) is 5.90. The lowest BCUT2D eigenvalue weighted by Crippen LogP contribution is -2.05. The van der Waals surface area contributed by atoms with Gasteiger partial charge in [-0.25, -0.2) is 4.98 Å². The van der Waals surface area contributed by atoms with Crippen LogP contribution in [0.25, 0.3) is 0 Å². The van der Waals surface area contributed by atoms with Crippen molar-refractivity contribution in [2.24, 2.45) is 10.2 Å². The molecule has 6 nitrogen and oxygen atoms in total. The minimum Gasteiger partial charge on any atom is -0.478 e. The Morgan fingerprint density at radius 3 is 2.55 bits per heavy atom. The molecule has 0 aliphatic rings. The van der Waals surface area contributed by atoms with E-state index in [9.17, 15) is 0 Å². The predicted octanol–water partition coefficient (Wildman–Crippen LogP) is 3.82.